The van der Waals surface area contributed by atoms with E-state index >= 15 is 0 Å². The van der Waals surface area contributed by atoms with E-state index in [1.807, 2.05) is 24.3 Å². The standard InChI is InChI=1S/C15H16N2OS/c1-10-7-13(18-17-10)9-16-11(2)15-8-12-5-3-4-6-14(12)19-15/h3-8,11,16H,9H2,1-2H3. The lowest BCUT2D eigenvalue weighted by Crippen LogP contribution is -2.16. The van der Waals surface area contributed by atoms with Gasteiger partial charge in [-0.15, -0.1) is 11.3 Å². The van der Waals surface area contributed by atoms with Gasteiger partial charge in [-0.3, -0.25) is 0 Å². The normalized spacial score (nSPS) is 12.9. The van der Waals surface area contributed by atoms with Crippen molar-refractivity contribution < 1.29 is 4.52 Å². The average Bonchev–Trinajstić information content (AvgIpc) is 3.01. The van der Waals surface area contributed by atoms with Crippen molar-refractivity contribution in [3.05, 3.63) is 52.7 Å². The van der Waals surface area contributed by atoms with Crippen LogP contribution >= 0.6 is 11.3 Å². The fourth-order valence-corrected chi connectivity index (χ4v) is 3.16. The topological polar surface area (TPSA) is 38.1 Å². The molecular formula is C15H16N2OS. The van der Waals surface area contributed by atoms with Gasteiger partial charge in [0.05, 0.1) is 12.2 Å². The second-order valence-corrected chi connectivity index (χ2v) is 5.84. The highest BCUT2D eigenvalue weighted by Gasteiger charge is 2.10. The lowest BCUT2D eigenvalue weighted by Gasteiger charge is -2.09. The van der Waals surface area contributed by atoms with E-state index in [0.29, 0.717) is 12.6 Å². The quantitative estimate of drug-likeness (QED) is 0.778. The van der Waals surface area contributed by atoms with E-state index in [-0.39, 0.29) is 0 Å². The smallest absolute Gasteiger partial charge is 0.150 e. The van der Waals surface area contributed by atoms with Crippen LogP contribution in [0, 0.1) is 6.92 Å². The van der Waals surface area contributed by atoms with Gasteiger partial charge in [0.1, 0.15) is 0 Å². The molecule has 3 rings (SSSR count). The maximum absolute atomic E-state index is 5.20. The molecular weight excluding hydrogens is 256 g/mol. The third kappa shape index (κ3) is 2.69. The molecule has 0 radical (unpaired) electrons. The summed E-state index contributed by atoms with van der Waals surface area (Å²) in [4.78, 5) is 1.34. The first-order valence-electron chi connectivity index (χ1n) is 6.36. The molecule has 0 amide bonds. The molecule has 3 aromatic rings. The Morgan fingerprint density at radius 2 is 2.16 bits per heavy atom. The van der Waals surface area contributed by atoms with E-state index in [4.69, 9.17) is 4.52 Å². The number of nitrogens with one attached hydrogen (secondary N) is 1. The Balaban J connectivity index is 1.71. The molecule has 0 saturated heterocycles. The van der Waals surface area contributed by atoms with Crippen LogP contribution in [0.25, 0.3) is 10.1 Å². The Morgan fingerprint density at radius 1 is 1.32 bits per heavy atom. The minimum absolute atomic E-state index is 0.308. The van der Waals surface area contributed by atoms with Gasteiger partial charge in [-0.25, -0.2) is 0 Å². The van der Waals surface area contributed by atoms with E-state index in [9.17, 15) is 0 Å². The van der Waals surface area contributed by atoms with Crippen LogP contribution in [0.1, 0.15) is 29.3 Å². The molecule has 0 bridgehead atoms. The van der Waals surface area contributed by atoms with Gasteiger partial charge in [-0.1, -0.05) is 23.4 Å². The van der Waals surface area contributed by atoms with Crippen molar-refractivity contribution in [3.63, 3.8) is 0 Å². The van der Waals surface area contributed by atoms with Crippen LogP contribution in [0.3, 0.4) is 0 Å². The number of aryl methyl sites for hydroxylation is 1. The summed E-state index contributed by atoms with van der Waals surface area (Å²) in [5.41, 5.74) is 0.923. The lowest BCUT2D eigenvalue weighted by atomic mass is 10.2. The first-order valence-corrected chi connectivity index (χ1v) is 7.18. The number of fused-ring (bicyclic) bond motifs is 1. The number of nitrogens with zero attached hydrogens (tertiary/aromatic N) is 1. The van der Waals surface area contributed by atoms with Gasteiger partial charge in [0, 0.05) is 21.7 Å². The molecule has 1 aromatic carbocycles. The third-order valence-electron chi connectivity index (χ3n) is 3.13. The molecule has 0 fully saturated rings. The summed E-state index contributed by atoms with van der Waals surface area (Å²) in [6, 6.07) is 13.0. The predicted molar refractivity (Wildman–Crippen MR) is 78.3 cm³/mol. The van der Waals surface area contributed by atoms with Crippen LogP contribution in [-0.2, 0) is 6.54 Å². The van der Waals surface area contributed by atoms with E-state index in [1.54, 1.807) is 0 Å². The third-order valence-corrected chi connectivity index (χ3v) is 4.43. The summed E-state index contributed by atoms with van der Waals surface area (Å²) in [5.74, 6) is 0.880. The van der Waals surface area contributed by atoms with Crippen molar-refractivity contribution in [2.75, 3.05) is 0 Å². The van der Waals surface area contributed by atoms with Crippen molar-refractivity contribution in [1.29, 1.82) is 0 Å². The summed E-state index contributed by atoms with van der Waals surface area (Å²) < 4.78 is 6.54. The second kappa shape index (κ2) is 5.15. The molecule has 98 valence electrons. The van der Waals surface area contributed by atoms with Crippen molar-refractivity contribution >= 4 is 21.4 Å². The van der Waals surface area contributed by atoms with Gasteiger partial charge in [0.2, 0.25) is 0 Å². The summed E-state index contributed by atoms with van der Waals surface area (Å²) in [6.07, 6.45) is 0. The van der Waals surface area contributed by atoms with Crippen LogP contribution < -0.4 is 5.32 Å². The zero-order valence-corrected chi connectivity index (χ0v) is 11.8. The highest BCUT2D eigenvalue weighted by atomic mass is 32.1. The van der Waals surface area contributed by atoms with Crippen LogP contribution in [0.4, 0.5) is 0 Å². The Morgan fingerprint density at radius 3 is 2.89 bits per heavy atom. The van der Waals surface area contributed by atoms with E-state index in [1.165, 1.54) is 15.0 Å². The van der Waals surface area contributed by atoms with Crippen LogP contribution in [0.2, 0.25) is 0 Å². The van der Waals surface area contributed by atoms with Crippen LogP contribution in [0.5, 0.6) is 0 Å². The molecule has 1 atom stereocenters. The lowest BCUT2D eigenvalue weighted by molar-refractivity contribution is 0.363. The van der Waals surface area contributed by atoms with Gasteiger partial charge in [0.25, 0.3) is 0 Å². The highest BCUT2D eigenvalue weighted by Crippen LogP contribution is 2.29. The van der Waals surface area contributed by atoms with Crippen molar-refractivity contribution in [2.45, 2.75) is 26.4 Å². The maximum Gasteiger partial charge on any atom is 0.150 e. The molecule has 3 nitrogen and oxygen atoms in total. The molecule has 4 heteroatoms. The van der Waals surface area contributed by atoms with Gasteiger partial charge >= 0.3 is 0 Å². The number of rotatable bonds is 4. The summed E-state index contributed by atoms with van der Waals surface area (Å²) >= 11 is 1.84. The molecule has 1 N–H and O–H groups in total. The average molecular weight is 272 g/mol. The fourth-order valence-electron chi connectivity index (χ4n) is 2.07. The van der Waals surface area contributed by atoms with Gasteiger partial charge in [-0.2, -0.15) is 0 Å². The molecule has 2 aromatic heterocycles. The Kier molecular flexibility index (Phi) is 3.36. The monoisotopic (exact) mass is 272 g/mol. The van der Waals surface area contributed by atoms with Gasteiger partial charge in [0.15, 0.2) is 5.76 Å². The first-order chi connectivity index (χ1) is 9.22. The molecule has 0 aliphatic heterocycles. The fraction of sp³-hybridized carbons (Fsp3) is 0.267. The van der Waals surface area contributed by atoms with E-state index < -0.39 is 0 Å². The maximum atomic E-state index is 5.20. The number of thiophene rings is 1. The summed E-state index contributed by atoms with van der Waals surface area (Å²) in [5, 5.41) is 8.67. The molecule has 0 aliphatic carbocycles. The Labute approximate surface area is 116 Å². The molecule has 19 heavy (non-hydrogen) atoms. The molecule has 0 aliphatic rings. The van der Waals surface area contributed by atoms with Crippen LogP contribution in [-0.4, -0.2) is 5.16 Å². The first kappa shape index (κ1) is 12.4. The summed E-state index contributed by atoms with van der Waals surface area (Å²) in [7, 11) is 0. The predicted octanol–water partition coefficient (Wildman–Crippen LogP) is 4.05. The summed E-state index contributed by atoms with van der Waals surface area (Å²) in [6.45, 7) is 4.81. The second-order valence-electron chi connectivity index (χ2n) is 4.72. The minimum atomic E-state index is 0.308. The highest BCUT2D eigenvalue weighted by molar-refractivity contribution is 7.19. The Hall–Kier alpha value is -1.65. The molecule has 2 heterocycles. The van der Waals surface area contributed by atoms with Crippen molar-refractivity contribution in [2.24, 2.45) is 0 Å². The van der Waals surface area contributed by atoms with Crippen LogP contribution in [0.15, 0.2) is 40.9 Å². The number of aromatic nitrogens is 1. The Bertz CT molecular complexity index is 653. The number of hydrogen-bond acceptors (Lipinski definition) is 4. The van der Waals surface area contributed by atoms with E-state index in [0.717, 1.165) is 11.5 Å². The molecule has 1 unspecified atom stereocenters. The molecule has 0 saturated carbocycles. The SMILES string of the molecule is Cc1cc(CNC(C)c2cc3ccccc3s2)on1. The van der Waals surface area contributed by atoms with Crippen molar-refractivity contribution in [1.82, 2.24) is 10.5 Å². The number of hydrogen-bond donors (Lipinski definition) is 1. The van der Waals surface area contributed by atoms with E-state index in [2.05, 4.69) is 47.7 Å². The van der Waals surface area contributed by atoms with Crippen molar-refractivity contribution in [3.8, 4) is 0 Å². The zero-order chi connectivity index (χ0) is 13.2. The number of benzene rings is 1. The van der Waals surface area contributed by atoms with Gasteiger partial charge in [-0.05, 0) is 31.4 Å². The zero-order valence-electron chi connectivity index (χ0n) is 11.0. The minimum Gasteiger partial charge on any atom is -0.360 e. The largest absolute Gasteiger partial charge is 0.360 e. The van der Waals surface area contributed by atoms with Gasteiger partial charge < -0.3 is 9.84 Å². The molecule has 0 spiro atoms.